The molecule has 0 saturated heterocycles. The Morgan fingerprint density at radius 1 is 1.00 bits per heavy atom. The van der Waals surface area contributed by atoms with E-state index in [1.54, 1.807) is 0 Å². The van der Waals surface area contributed by atoms with Crippen molar-refractivity contribution in [3.63, 3.8) is 0 Å². The standard InChI is InChI=1S/C15H30N2O3/c1-4-5-9-18-11-13-20-14-12-19-10-8-17(3)15(2)6-7-16/h15H,4-6,8-14H2,1-3H3. The Labute approximate surface area is 123 Å². The van der Waals surface area contributed by atoms with Crippen LogP contribution in [0.5, 0.6) is 0 Å². The molecule has 0 fully saturated rings. The molecule has 0 bridgehead atoms. The maximum Gasteiger partial charge on any atom is 0.0701 e. The molecule has 0 aromatic carbocycles. The molecule has 1 atom stereocenters. The topological polar surface area (TPSA) is 54.7 Å². The molecule has 0 aromatic heterocycles. The summed E-state index contributed by atoms with van der Waals surface area (Å²) in [6, 6.07) is 2.45. The highest BCUT2D eigenvalue weighted by molar-refractivity contribution is 4.78. The lowest BCUT2D eigenvalue weighted by molar-refractivity contribution is 0.00990. The SMILES string of the molecule is CCCCOCCOCCOCCN(C)C(C)CC#N. The lowest BCUT2D eigenvalue weighted by Crippen LogP contribution is -2.32. The van der Waals surface area contributed by atoms with Gasteiger partial charge in [-0.2, -0.15) is 5.26 Å². The van der Waals surface area contributed by atoms with E-state index in [9.17, 15) is 0 Å². The average Bonchev–Trinajstić information content (AvgIpc) is 2.44. The molecule has 0 spiro atoms. The summed E-state index contributed by atoms with van der Waals surface area (Å²) in [6.07, 6.45) is 2.83. The van der Waals surface area contributed by atoms with Gasteiger partial charge < -0.3 is 19.1 Å². The maximum absolute atomic E-state index is 8.61. The minimum atomic E-state index is 0.278. The number of hydrogen-bond acceptors (Lipinski definition) is 5. The lowest BCUT2D eigenvalue weighted by atomic mass is 10.2. The summed E-state index contributed by atoms with van der Waals surface area (Å²) in [6.45, 7) is 9.03. The van der Waals surface area contributed by atoms with Crippen molar-refractivity contribution in [1.29, 1.82) is 5.26 Å². The molecule has 0 aliphatic heterocycles. The van der Waals surface area contributed by atoms with Crippen LogP contribution in [0, 0.1) is 11.3 Å². The Morgan fingerprint density at radius 2 is 1.55 bits per heavy atom. The van der Waals surface area contributed by atoms with Gasteiger partial charge in [-0.05, 0) is 20.4 Å². The van der Waals surface area contributed by atoms with E-state index in [0.717, 1.165) is 26.0 Å². The Kier molecular flexibility index (Phi) is 14.2. The van der Waals surface area contributed by atoms with E-state index in [-0.39, 0.29) is 6.04 Å². The van der Waals surface area contributed by atoms with Gasteiger partial charge in [0.25, 0.3) is 0 Å². The van der Waals surface area contributed by atoms with E-state index >= 15 is 0 Å². The van der Waals surface area contributed by atoms with Crippen molar-refractivity contribution in [2.75, 3.05) is 53.2 Å². The molecule has 0 aliphatic rings. The number of ether oxygens (including phenoxy) is 3. The summed E-state index contributed by atoms with van der Waals surface area (Å²) in [5.74, 6) is 0. The van der Waals surface area contributed by atoms with Gasteiger partial charge in [0.2, 0.25) is 0 Å². The molecular formula is C15H30N2O3. The summed E-state index contributed by atoms with van der Waals surface area (Å²) >= 11 is 0. The summed E-state index contributed by atoms with van der Waals surface area (Å²) in [5.41, 5.74) is 0. The van der Waals surface area contributed by atoms with Crippen LogP contribution in [0.1, 0.15) is 33.1 Å². The monoisotopic (exact) mass is 286 g/mol. The molecule has 0 rings (SSSR count). The number of hydrogen-bond donors (Lipinski definition) is 0. The highest BCUT2D eigenvalue weighted by Gasteiger charge is 2.07. The molecule has 20 heavy (non-hydrogen) atoms. The Hall–Kier alpha value is -0.670. The summed E-state index contributed by atoms with van der Waals surface area (Å²) in [4.78, 5) is 2.13. The number of unbranched alkanes of at least 4 members (excludes halogenated alkanes) is 1. The van der Waals surface area contributed by atoms with Crippen LogP contribution in [0.3, 0.4) is 0 Å². The minimum absolute atomic E-state index is 0.278. The van der Waals surface area contributed by atoms with Gasteiger partial charge in [0, 0.05) is 19.2 Å². The van der Waals surface area contributed by atoms with E-state index in [0.29, 0.717) is 39.5 Å². The summed E-state index contributed by atoms with van der Waals surface area (Å²) in [5, 5.41) is 8.61. The molecule has 0 amide bonds. The van der Waals surface area contributed by atoms with Gasteiger partial charge in [0.15, 0.2) is 0 Å². The van der Waals surface area contributed by atoms with Crippen LogP contribution in [-0.2, 0) is 14.2 Å². The first-order valence-corrected chi connectivity index (χ1v) is 7.52. The number of rotatable bonds is 14. The molecule has 0 heterocycles. The molecule has 1 unspecified atom stereocenters. The van der Waals surface area contributed by atoms with Gasteiger partial charge in [-0.15, -0.1) is 0 Å². The van der Waals surface area contributed by atoms with Crippen molar-refractivity contribution in [3.05, 3.63) is 0 Å². The van der Waals surface area contributed by atoms with Gasteiger partial charge in [-0.1, -0.05) is 13.3 Å². The van der Waals surface area contributed by atoms with Crippen LogP contribution < -0.4 is 0 Å². The van der Waals surface area contributed by atoms with Crippen LogP contribution in [0.2, 0.25) is 0 Å². The summed E-state index contributed by atoms with van der Waals surface area (Å²) in [7, 11) is 2.01. The van der Waals surface area contributed by atoms with Crippen molar-refractivity contribution < 1.29 is 14.2 Å². The van der Waals surface area contributed by atoms with Gasteiger partial charge in [0.1, 0.15) is 0 Å². The molecule has 118 valence electrons. The van der Waals surface area contributed by atoms with Crippen LogP contribution in [0.4, 0.5) is 0 Å². The van der Waals surface area contributed by atoms with Crippen molar-refractivity contribution in [2.24, 2.45) is 0 Å². The van der Waals surface area contributed by atoms with Gasteiger partial charge in [-0.3, -0.25) is 0 Å². The minimum Gasteiger partial charge on any atom is -0.379 e. The first kappa shape index (κ1) is 19.3. The third-order valence-electron chi connectivity index (χ3n) is 3.11. The molecule has 0 radical (unpaired) electrons. The Balaban J connectivity index is 3.19. The molecule has 0 saturated carbocycles. The van der Waals surface area contributed by atoms with Crippen LogP contribution in [-0.4, -0.2) is 64.2 Å². The van der Waals surface area contributed by atoms with Gasteiger partial charge >= 0.3 is 0 Å². The van der Waals surface area contributed by atoms with Crippen LogP contribution >= 0.6 is 0 Å². The van der Waals surface area contributed by atoms with E-state index in [1.165, 1.54) is 0 Å². The highest BCUT2D eigenvalue weighted by Crippen LogP contribution is 1.99. The predicted octanol–water partition coefficient (Wildman–Crippen LogP) is 2.07. The third kappa shape index (κ3) is 12.4. The van der Waals surface area contributed by atoms with E-state index in [2.05, 4.69) is 17.9 Å². The third-order valence-corrected chi connectivity index (χ3v) is 3.11. The largest absolute Gasteiger partial charge is 0.379 e. The first-order valence-electron chi connectivity index (χ1n) is 7.52. The van der Waals surface area contributed by atoms with E-state index in [1.807, 2.05) is 14.0 Å². The number of nitriles is 1. The maximum atomic E-state index is 8.61. The Morgan fingerprint density at radius 3 is 2.10 bits per heavy atom. The average molecular weight is 286 g/mol. The van der Waals surface area contributed by atoms with Crippen LogP contribution in [0.15, 0.2) is 0 Å². The normalized spacial score (nSPS) is 12.6. The quantitative estimate of drug-likeness (QED) is 0.458. The van der Waals surface area contributed by atoms with E-state index < -0.39 is 0 Å². The van der Waals surface area contributed by atoms with E-state index in [4.69, 9.17) is 19.5 Å². The van der Waals surface area contributed by atoms with Gasteiger partial charge in [-0.25, -0.2) is 0 Å². The zero-order valence-electron chi connectivity index (χ0n) is 13.3. The van der Waals surface area contributed by atoms with Crippen molar-refractivity contribution >= 4 is 0 Å². The second-order valence-corrected chi connectivity index (χ2v) is 4.88. The van der Waals surface area contributed by atoms with Crippen LogP contribution in [0.25, 0.3) is 0 Å². The molecule has 0 N–H and O–H groups in total. The number of nitrogens with zero attached hydrogens (tertiary/aromatic N) is 2. The first-order chi connectivity index (χ1) is 9.72. The van der Waals surface area contributed by atoms with Gasteiger partial charge in [0.05, 0.1) is 45.5 Å². The second kappa shape index (κ2) is 14.7. The molecule has 0 aromatic rings. The lowest BCUT2D eigenvalue weighted by Gasteiger charge is -2.22. The fourth-order valence-electron chi connectivity index (χ4n) is 1.51. The van der Waals surface area contributed by atoms with Crippen molar-refractivity contribution in [3.8, 4) is 6.07 Å². The molecule has 0 aliphatic carbocycles. The van der Waals surface area contributed by atoms with Crippen molar-refractivity contribution in [2.45, 2.75) is 39.2 Å². The van der Waals surface area contributed by atoms with Crippen molar-refractivity contribution in [1.82, 2.24) is 4.90 Å². The molecular weight excluding hydrogens is 256 g/mol. The summed E-state index contributed by atoms with van der Waals surface area (Å²) < 4.78 is 16.3. The molecule has 5 nitrogen and oxygen atoms in total. The fourth-order valence-corrected chi connectivity index (χ4v) is 1.51. The highest BCUT2D eigenvalue weighted by atomic mass is 16.5. The zero-order chi connectivity index (χ0) is 15.1. The fraction of sp³-hybridized carbons (Fsp3) is 0.933. The smallest absolute Gasteiger partial charge is 0.0701 e. The molecule has 5 heteroatoms. The number of likely N-dealkylation sites (N-methyl/N-ethyl adjacent to an activating group) is 1. The second-order valence-electron chi connectivity index (χ2n) is 4.88. The predicted molar refractivity (Wildman–Crippen MR) is 79.7 cm³/mol. The Bertz CT molecular complexity index is 244. The zero-order valence-corrected chi connectivity index (χ0v) is 13.3.